The Morgan fingerprint density at radius 2 is 2.20 bits per heavy atom. The molecule has 1 aliphatic rings. The van der Waals surface area contributed by atoms with Crippen LogP contribution < -0.4 is 15.0 Å². The van der Waals surface area contributed by atoms with Crippen LogP contribution in [-0.4, -0.2) is 26.2 Å². The maximum absolute atomic E-state index is 6.05. The summed E-state index contributed by atoms with van der Waals surface area (Å²) in [6.07, 6.45) is 2.83. The van der Waals surface area contributed by atoms with Crippen LogP contribution in [-0.2, 0) is 6.54 Å². The first-order valence-corrected chi connectivity index (χ1v) is 7.79. The minimum absolute atomic E-state index is 0.209. The largest absolute Gasteiger partial charge is 0.489 e. The Morgan fingerprint density at radius 3 is 2.85 bits per heavy atom. The molecule has 0 bridgehead atoms. The lowest BCUT2D eigenvalue weighted by molar-refractivity contribution is 0.242. The van der Waals surface area contributed by atoms with E-state index in [0.717, 1.165) is 31.3 Å². The van der Waals surface area contributed by atoms with Gasteiger partial charge in [-0.3, -0.25) is 0 Å². The Hall–Kier alpha value is -1.22. The van der Waals surface area contributed by atoms with E-state index in [1.165, 1.54) is 24.1 Å². The van der Waals surface area contributed by atoms with E-state index in [4.69, 9.17) is 4.74 Å². The van der Waals surface area contributed by atoms with E-state index in [1.54, 1.807) is 0 Å². The van der Waals surface area contributed by atoms with Crippen molar-refractivity contribution in [3.8, 4) is 5.75 Å². The fraction of sp³-hybridized carbons (Fsp3) is 0.647. The summed E-state index contributed by atoms with van der Waals surface area (Å²) in [6.45, 7) is 9.68. The number of hydrogen-bond acceptors (Lipinski definition) is 3. The van der Waals surface area contributed by atoms with Crippen molar-refractivity contribution < 1.29 is 4.74 Å². The molecule has 1 N–H and O–H groups in total. The van der Waals surface area contributed by atoms with Crippen molar-refractivity contribution in [2.75, 3.05) is 25.0 Å². The van der Waals surface area contributed by atoms with Gasteiger partial charge >= 0.3 is 0 Å². The quantitative estimate of drug-likeness (QED) is 0.891. The second kappa shape index (κ2) is 6.98. The molecule has 1 atom stereocenters. The smallest absolute Gasteiger partial charge is 0.143 e. The van der Waals surface area contributed by atoms with E-state index < -0.39 is 0 Å². The van der Waals surface area contributed by atoms with Crippen LogP contribution in [0.1, 0.15) is 39.2 Å². The average molecular weight is 276 g/mol. The normalized spacial score (nSPS) is 19.4. The molecular weight excluding hydrogens is 248 g/mol. The zero-order valence-electron chi connectivity index (χ0n) is 13.3. The lowest BCUT2D eigenvalue weighted by Gasteiger charge is -2.34. The van der Waals surface area contributed by atoms with E-state index in [-0.39, 0.29) is 6.10 Å². The summed E-state index contributed by atoms with van der Waals surface area (Å²) in [5, 5.41) is 3.20. The van der Waals surface area contributed by atoms with Gasteiger partial charge in [-0.15, -0.1) is 0 Å². The molecule has 20 heavy (non-hydrogen) atoms. The van der Waals surface area contributed by atoms with Gasteiger partial charge in [-0.1, -0.05) is 13.0 Å². The van der Waals surface area contributed by atoms with Crippen molar-refractivity contribution in [2.24, 2.45) is 5.92 Å². The number of nitrogens with one attached hydrogen (secondary N) is 1. The van der Waals surface area contributed by atoms with Crippen molar-refractivity contribution in [3.63, 3.8) is 0 Å². The van der Waals surface area contributed by atoms with Crippen LogP contribution >= 0.6 is 0 Å². The van der Waals surface area contributed by atoms with E-state index >= 15 is 0 Å². The molecule has 3 nitrogen and oxygen atoms in total. The molecule has 0 aliphatic carbocycles. The number of piperidine rings is 1. The average Bonchev–Trinajstić information content (AvgIpc) is 2.38. The van der Waals surface area contributed by atoms with Gasteiger partial charge in [0.2, 0.25) is 0 Å². The maximum atomic E-state index is 6.05. The molecule has 0 radical (unpaired) electrons. The summed E-state index contributed by atoms with van der Waals surface area (Å²) in [7, 11) is 1.98. The number of anilines is 1. The molecule has 3 heteroatoms. The molecule has 112 valence electrons. The fourth-order valence-electron chi connectivity index (χ4n) is 2.89. The van der Waals surface area contributed by atoms with Crippen molar-refractivity contribution in [1.82, 2.24) is 5.32 Å². The van der Waals surface area contributed by atoms with Gasteiger partial charge in [-0.05, 0) is 57.4 Å². The van der Waals surface area contributed by atoms with Gasteiger partial charge in [-0.2, -0.15) is 0 Å². The summed E-state index contributed by atoms with van der Waals surface area (Å²) < 4.78 is 6.05. The summed E-state index contributed by atoms with van der Waals surface area (Å²) in [5.41, 5.74) is 2.53. The van der Waals surface area contributed by atoms with Gasteiger partial charge in [0, 0.05) is 19.6 Å². The maximum Gasteiger partial charge on any atom is 0.143 e. The van der Waals surface area contributed by atoms with Crippen LogP contribution in [0.5, 0.6) is 5.75 Å². The number of ether oxygens (including phenoxy) is 1. The molecule has 2 rings (SSSR count). The molecule has 1 saturated heterocycles. The van der Waals surface area contributed by atoms with E-state index in [9.17, 15) is 0 Å². The molecule has 0 saturated carbocycles. The van der Waals surface area contributed by atoms with Gasteiger partial charge in [0.15, 0.2) is 0 Å². The molecule has 1 fully saturated rings. The first-order valence-electron chi connectivity index (χ1n) is 7.79. The van der Waals surface area contributed by atoms with Gasteiger partial charge in [0.25, 0.3) is 0 Å². The second-order valence-corrected chi connectivity index (χ2v) is 6.19. The Kier molecular flexibility index (Phi) is 5.30. The van der Waals surface area contributed by atoms with E-state index in [1.807, 2.05) is 7.05 Å². The van der Waals surface area contributed by atoms with Gasteiger partial charge in [0.05, 0.1) is 11.8 Å². The highest BCUT2D eigenvalue weighted by Crippen LogP contribution is 2.33. The topological polar surface area (TPSA) is 24.5 Å². The van der Waals surface area contributed by atoms with Gasteiger partial charge in [0.1, 0.15) is 5.75 Å². The summed E-state index contributed by atoms with van der Waals surface area (Å²) in [5.74, 6) is 1.80. The molecule has 1 heterocycles. The van der Waals surface area contributed by atoms with Crippen LogP contribution in [0.3, 0.4) is 0 Å². The van der Waals surface area contributed by atoms with Crippen LogP contribution in [0, 0.1) is 5.92 Å². The molecule has 0 spiro atoms. The van der Waals surface area contributed by atoms with Gasteiger partial charge in [-0.25, -0.2) is 0 Å². The standard InChI is InChI=1S/C17H28N2O/c1-13(2)20-17-10-15(11-18-4)7-8-16(17)19-9-5-6-14(3)12-19/h7-8,10,13-14,18H,5-6,9,11-12H2,1-4H3. The Balaban J connectivity index is 2.25. The zero-order chi connectivity index (χ0) is 14.5. The molecule has 1 aromatic rings. The van der Waals surface area contributed by atoms with E-state index in [0.29, 0.717) is 0 Å². The third-order valence-electron chi connectivity index (χ3n) is 3.77. The van der Waals surface area contributed by atoms with Crippen LogP contribution in [0.4, 0.5) is 5.69 Å². The molecule has 1 unspecified atom stereocenters. The summed E-state index contributed by atoms with van der Waals surface area (Å²) in [6, 6.07) is 6.62. The monoisotopic (exact) mass is 276 g/mol. The zero-order valence-corrected chi connectivity index (χ0v) is 13.3. The van der Waals surface area contributed by atoms with Crippen LogP contribution in [0.25, 0.3) is 0 Å². The van der Waals surface area contributed by atoms with Crippen molar-refractivity contribution in [2.45, 2.75) is 46.3 Å². The molecule has 1 aliphatic heterocycles. The van der Waals surface area contributed by atoms with Gasteiger partial charge < -0.3 is 15.0 Å². The van der Waals surface area contributed by atoms with Crippen LogP contribution in [0.2, 0.25) is 0 Å². The Labute approximate surface area is 123 Å². The predicted molar refractivity (Wildman–Crippen MR) is 85.6 cm³/mol. The first kappa shape index (κ1) is 15.2. The van der Waals surface area contributed by atoms with Crippen molar-refractivity contribution in [3.05, 3.63) is 23.8 Å². The fourth-order valence-corrected chi connectivity index (χ4v) is 2.89. The first-order chi connectivity index (χ1) is 9.60. The lowest BCUT2D eigenvalue weighted by Crippen LogP contribution is -2.34. The molecule has 1 aromatic carbocycles. The molecule has 0 amide bonds. The Bertz CT molecular complexity index is 431. The summed E-state index contributed by atoms with van der Waals surface area (Å²) >= 11 is 0. The minimum atomic E-state index is 0.209. The number of nitrogens with zero attached hydrogens (tertiary/aromatic N) is 1. The van der Waals surface area contributed by atoms with Crippen molar-refractivity contribution in [1.29, 1.82) is 0 Å². The Morgan fingerprint density at radius 1 is 1.40 bits per heavy atom. The third-order valence-corrected chi connectivity index (χ3v) is 3.77. The lowest BCUT2D eigenvalue weighted by atomic mass is 9.99. The number of benzene rings is 1. The highest BCUT2D eigenvalue weighted by atomic mass is 16.5. The molecular formula is C17H28N2O. The van der Waals surface area contributed by atoms with Crippen LogP contribution in [0.15, 0.2) is 18.2 Å². The summed E-state index contributed by atoms with van der Waals surface area (Å²) in [4.78, 5) is 2.48. The third kappa shape index (κ3) is 3.89. The van der Waals surface area contributed by atoms with E-state index in [2.05, 4.69) is 49.2 Å². The highest BCUT2D eigenvalue weighted by molar-refractivity contribution is 5.60. The number of rotatable bonds is 5. The highest BCUT2D eigenvalue weighted by Gasteiger charge is 2.20. The number of hydrogen-bond donors (Lipinski definition) is 1. The second-order valence-electron chi connectivity index (χ2n) is 6.19. The SMILES string of the molecule is CNCc1ccc(N2CCCC(C)C2)c(OC(C)C)c1. The van der Waals surface area contributed by atoms with Crippen molar-refractivity contribution >= 4 is 5.69 Å². The predicted octanol–water partition coefficient (Wildman–Crippen LogP) is 3.43. The minimum Gasteiger partial charge on any atom is -0.489 e. The molecule has 0 aromatic heterocycles.